The minimum atomic E-state index is -0.362. The van der Waals surface area contributed by atoms with Crippen LogP contribution in [0, 0.1) is 5.41 Å². The number of carbonyl (C=O) groups excluding carboxylic acids is 1. The topological polar surface area (TPSA) is 17.1 Å². The number of hydrogen-bond donors (Lipinski definition) is 0. The normalized spacial score (nSPS) is 31.2. The molecule has 0 spiro atoms. The zero-order valence-electron chi connectivity index (χ0n) is 6.35. The van der Waals surface area contributed by atoms with Crippen molar-refractivity contribution in [3.05, 3.63) is 23.8 Å². The van der Waals surface area contributed by atoms with Gasteiger partial charge in [-0.2, -0.15) is 0 Å². The van der Waals surface area contributed by atoms with Crippen molar-refractivity contribution >= 4 is 6.29 Å². The van der Waals surface area contributed by atoms with Crippen LogP contribution in [-0.2, 0) is 4.79 Å². The van der Waals surface area contributed by atoms with Crippen LogP contribution in [0.5, 0.6) is 0 Å². The molecule has 0 heterocycles. The Labute approximate surface area is 61.4 Å². The van der Waals surface area contributed by atoms with Crippen molar-refractivity contribution in [3.63, 3.8) is 0 Å². The SMILES string of the molecule is CC1=CC=CC(C)([C+]=O)C1. The zero-order valence-corrected chi connectivity index (χ0v) is 6.35. The van der Waals surface area contributed by atoms with Crippen LogP contribution in [-0.4, -0.2) is 6.29 Å². The van der Waals surface area contributed by atoms with Crippen LogP contribution in [0.25, 0.3) is 0 Å². The molecule has 0 saturated heterocycles. The van der Waals surface area contributed by atoms with Crippen LogP contribution < -0.4 is 0 Å². The molecule has 10 heavy (non-hydrogen) atoms. The fourth-order valence-corrected chi connectivity index (χ4v) is 1.19. The quantitative estimate of drug-likeness (QED) is 0.502. The Bertz CT molecular complexity index is 201. The first kappa shape index (κ1) is 7.17. The second-order valence-electron chi connectivity index (χ2n) is 3.07. The first-order valence-corrected chi connectivity index (χ1v) is 3.41. The lowest BCUT2D eigenvalue weighted by molar-refractivity contribution is 0.479. The minimum absolute atomic E-state index is 0.362. The first-order valence-electron chi connectivity index (χ1n) is 3.41. The zero-order chi connectivity index (χ0) is 7.61. The summed E-state index contributed by atoms with van der Waals surface area (Å²) in [5.41, 5.74) is 0.882. The summed E-state index contributed by atoms with van der Waals surface area (Å²) in [4.78, 5) is 10.4. The lowest BCUT2D eigenvalue weighted by Crippen LogP contribution is -2.16. The third kappa shape index (κ3) is 1.31. The highest BCUT2D eigenvalue weighted by Gasteiger charge is 2.36. The van der Waals surface area contributed by atoms with Crippen LogP contribution >= 0.6 is 0 Å². The Morgan fingerprint density at radius 1 is 1.70 bits per heavy atom. The molecule has 52 valence electrons. The van der Waals surface area contributed by atoms with Gasteiger partial charge >= 0.3 is 6.29 Å². The van der Waals surface area contributed by atoms with Crippen molar-refractivity contribution in [2.75, 3.05) is 0 Å². The Balaban J connectivity index is 2.80. The van der Waals surface area contributed by atoms with Crippen molar-refractivity contribution in [2.24, 2.45) is 5.41 Å². The monoisotopic (exact) mass is 135 g/mol. The molecule has 0 fully saturated rings. The molecule has 0 aromatic carbocycles. The second kappa shape index (κ2) is 2.36. The van der Waals surface area contributed by atoms with E-state index in [2.05, 4.69) is 0 Å². The van der Waals surface area contributed by atoms with E-state index in [1.165, 1.54) is 5.57 Å². The molecular weight excluding hydrogens is 124 g/mol. The average molecular weight is 135 g/mol. The summed E-state index contributed by atoms with van der Waals surface area (Å²) in [6, 6.07) is 0. The maximum absolute atomic E-state index is 10.4. The van der Waals surface area contributed by atoms with Gasteiger partial charge in [0.2, 0.25) is 0 Å². The molecule has 0 aromatic rings. The average Bonchev–Trinajstić information content (AvgIpc) is 1.88. The molecule has 0 bridgehead atoms. The lowest BCUT2D eigenvalue weighted by Gasteiger charge is -2.10. The maximum Gasteiger partial charge on any atom is 0.517 e. The Kier molecular flexibility index (Phi) is 1.69. The third-order valence-corrected chi connectivity index (χ3v) is 1.72. The van der Waals surface area contributed by atoms with E-state index in [0.717, 1.165) is 6.42 Å². The highest BCUT2D eigenvalue weighted by atomic mass is 16.1. The van der Waals surface area contributed by atoms with Gasteiger partial charge in [0.25, 0.3) is 5.41 Å². The van der Waals surface area contributed by atoms with Gasteiger partial charge in [-0.3, -0.25) is 0 Å². The third-order valence-electron chi connectivity index (χ3n) is 1.72. The molecule has 0 aromatic heterocycles. The Morgan fingerprint density at radius 3 is 2.80 bits per heavy atom. The number of allylic oxidation sites excluding steroid dienone is 4. The van der Waals surface area contributed by atoms with Crippen molar-refractivity contribution in [1.82, 2.24) is 0 Å². The second-order valence-corrected chi connectivity index (χ2v) is 3.07. The largest absolute Gasteiger partial charge is 0.517 e. The summed E-state index contributed by atoms with van der Waals surface area (Å²) in [5.74, 6) is 0. The van der Waals surface area contributed by atoms with Gasteiger partial charge in [-0.1, -0.05) is 17.7 Å². The predicted octanol–water partition coefficient (Wildman–Crippen LogP) is 2.01. The standard InChI is InChI=1S/C9H11O/c1-8-4-3-5-9(2,6-8)7-10/h3-5H,6H2,1-2H3/q+1. The summed E-state index contributed by atoms with van der Waals surface area (Å²) in [6.45, 7) is 3.92. The van der Waals surface area contributed by atoms with Gasteiger partial charge in [-0.05, 0) is 13.0 Å². The summed E-state index contributed by atoms with van der Waals surface area (Å²) in [6.07, 6.45) is 8.69. The van der Waals surface area contributed by atoms with E-state index in [-0.39, 0.29) is 5.41 Å². The van der Waals surface area contributed by atoms with Crippen molar-refractivity contribution in [1.29, 1.82) is 0 Å². The van der Waals surface area contributed by atoms with Gasteiger partial charge in [-0.15, -0.1) is 0 Å². The lowest BCUT2D eigenvalue weighted by atomic mass is 9.82. The molecule has 0 radical (unpaired) electrons. The summed E-state index contributed by atoms with van der Waals surface area (Å²) in [5, 5.41) is 0. The highest BCUT2D eigenvalue weighted by molar-refractivity contribution is 5.64. The smallest absolute Gasteiger partial charge is 0.0674 e. The molecule has 1 aliphatic carbocycles. The Morgan fingerprint density at radius 2 is 2.40 bits per heavy atom. The van der Waals surface area contributed by atoms with E-state index < -0.39 is 0 Å². The molecule has 0 aliphatic heterocycles. The highest BCUT2D eigenvalue weighted by Crippen LogP contribution is 2.28. The van der Waals surface area contributed by atoms with Gasteiger partial charge in [0.15, 0.2) is 0 Å². The Hall–Kier alpha value is -0.940. The number of rotatable bonds is 1. The van der Waals surface area contributed by atoms with Gasteiger partial charge in [-0.25, -0.2) is 0 Å². The van der Waals surface area contributed by atoms with Gasteiger partial charge in [0.05, 0.1) is 0 Å². The van der Waals surface area contributed by atoms with Crippen molar-refractivity contribution in [2.45, 2.75) is 20.3 Å². The summed E-state index contributed by atoms with van der Waals surface area (Å²) in [7, 11) is 0. The molecule has 0 saturated carbocycles. The molecule has 1 unspecified atom stereocenters. The molecule has 1 atom stereocenters. The van der Waals surface area contributed by atoms with Crippen LogP contribution in [0.1, 0.15) is 20.3 Å². The van der Waals surface area contributed by atoms with E-state index in [4.69, 9.17) is 0 Å². The van der Waals surface area contributed by atoms with E-state index in [1.54, 1.807) is 0 Å². The van der Waals surface area contributed by atoms with Crippen molar-refractivity contribution < 1.29 is 4.79 Å². The van der Waals surface area contributed by atoms with Crippen LogP contribution in [0.2, 0.25) is 0 Å². The molecule has 0 amide bonds. The minimum Gasteiger partial charge on any atom is -0.0674 e. The summed E-state index contributed by atoms with van der Waals surface area (Å²) < 4.78 is 0. The van der Waals surface area contributed by atoms with Crippen LogP contribution in [0.15, 0.2) is 23.8 Å². The van der Waals surface area contributed by atoms with Crippen molar-refractivity contribution in [3.8, 4) is 0 Å². The maximum atomic E-state index is 10.4. The van der Waals surface area contributed by atoms with E-state index in [1.807, 2.05) is 38.4 Å². The first-order chi connectivity index (χ1) is 4.66. The molecule has 0 N–H and O–H groups in total. The fraction of sp³-hybridized carbons (Fsp3) is 0.444. The molecule has 1 nitrogen and oxygen atoms in total. The predicted molar refractivity (Wildman–Crippen MR) is 41.3 cm³/mol. The molecule has 1 heteroatoms. The van der Waals surface area contributed by atoms with E-state index in [0.29, 0.717) is 0 Å². The van der Waals surface area contributed by atoms with Crippen LogP contribution in [0.4, 0.5) is 0 Å². The molecular formula is C9H11O+. The van der Waals surface area contributed by atoms with Gasteiger partial charge < -0.3 is 0 Å². The number of hydrogen-bond acceptors (Lipinski definition) is 1. The summed E-state index contributed by atoms with van der Waals surface area (Å²) >= 11 is 0. The molecule has 1 aliphatic rings. The van der Waals surface area contributed by atoms with Gasteiger partial charge in [0, 0.05) is 18.1 Å². The molecule has 1 rings (SSSR count). The van der Waals surface area contributed by atoms with Crippen LogP contribution in [0.3, 0.4) is 0 Å². The van der Waals surface area contributed by atoms with Gasteiger partial charge in [0.1, 0.15) is 0 Å². The van der Waals surface area contributed by atoms with E-state index in [9.17, 15) is 4.79 Å². The van der Waals surface area contributed by atoms with E-state index >= 15 is 0 Å². The fourth-order valence-electron chi connectivity index (χ4n) is 1.19.